The molecule has 2 rings (SSSR count). The molecule has 0 unspecified atom stereocenters. The second-order valence-corrected chi connectivity index (χ2v) is 5.51. The largest absolute Gasteiger partial charge is 0.492 e. The third-order valence-electron chi connectivity index (χ3n) is 3.94. The molecule has 0 atom stereocenters. The Bertz CT molecular complexity index is 493. The third kappa shape index (κ3) is 5.23. The number of hydrogen-bond donors (Lipinski definition) is 1. The molecular formula is C17H23NO3. The molecule has 4 nitrogen and oxygen atoms in total. The molecule has 0 radical (unpaired) electrons. The predicted molar refractivity (Wildman–Crippen MR) is 83.5 cm³/mol. The summed E-state index contributed by atoms with van der Waals surface area (Å²) in [4.78, 5) is 12.9. The highest BCUT2D eigenvalue weighted by Gasteiger charge is 2.18. The van der Waals surface area contributed by atoms with Crippen LogP contribution in [0.15, 0.2) is 30.3 Å². The zero-order valence-electron chi connectivity index (χ0n) is 12.5. The van der Waals surface area contributed by atoms with Gasteiger partial charge in [-0.2, -0.15) is 0 Å². The van der Waals surface area contributed by atoms with E-state index in [1.165, 1.54) is 25.7 Å². The standard InChI is InChI=1S/C17H23NO3/c1-18(15-6-2-3-7-15)11-12-21-16-8-4-5-14(13-16)9-10-17(19)20/h4-5,8-10,13,15H,2-3,6-7,11-12H2,1H3,(H,19,20). The number of nitrogens with zero attached hydrogens (tertiary/aromatic N) is 1. The number of carboxylic acids is 1. The maximum absolute atomic E-state index is 10.5. The van der Waals surface area contributed by atoms with E-state index in [-0.39, 0.29) is 0 Å². The number of benzene rings is 1. The molecule has 0 saturated heterocycles. The van der Waals surface area contributed by atoms with E-state index in [0.29, 0.717) is 12.6 Å². The van der Waals surface area contributed by atoms with Crippen LogP contribution >= 0.6 is 0 Å². The fourth-order valence-electron chi connectivity index (χ4n) is 2.71. The average Bonchev–Trinajstić information content (AvgIpc) is 3.00. The number of carbonyl (C=O) groups is 1. The van der Waals surface area contributed by atoms with Gasteiger partial charge in [-0.1, -0.05) is 25.0 Å². The Balaban J connectivity index is 1.80. The van der Waals surface area contributed by atoms with Crippen molar-refractivity contribution in [3.05, 3.63) is 35.9 Å². The van der Waals surface area contributed by atoms with Crippen molar-refractivity contribution >= 4 is 12.0 Å². The van der Waals surface area contributed by atoms with Crippen LogP contribution in [0.2, 0.25) is 0 Å². The van der Waals surface area contributed by atoms with E-state index >= 15 is 0 Å². The summed E-state index contributed by atoms with van der Waals surface area (Å²) < 4.78 is 5.76. The van der Waals surface area contributed by atoms with Crippen LogP contribution in [0.4, 0.5) is 0 Å². The Kier molecular flexibility index (Phi) is 5.81. The van der Waals surface area contributed by atoms with Crippen LogP contribution < -0.4 is 4.74 Å². The van der Waals surface area contributed by atoms with Gasteiger partial charge < -0.3 is 14.7 Å². The van der Waals surface area contributed by atoms with E-state index in [1.54, 1.807) is 6.08 Å². The van der Waals surface area contributed by atoms with Crippen LogP contribution in [0.1, 0.15) is 31.2 Å². The first-order valence-electron chi connectivity index (χ1n) is 7.49. The lowest BCUT2D eigenvalue weighted by Gasteiger charge is -2.23. The number of ether oxygens (including phenoxy) is 1. The Morgan fingerprint density at radius 2 is 2.19 bits per heavy atom. The van der Waals surface area contributed by atoms with E-state index in [0.717, 1.165) is 23.9 Å². The SMILES string of the molecule is CN(CCOc1cccc(C=CC(=O)O)c1)C1CCCC1. The first-order valence-corrected chi connectivity index (χ1v) is 7.49. The molecule has 0 bridgehead atoms. The van der Waals surface area contributed by atoms with Gasteiger partial charge >= 0.3 is 5.97 Å². The molecule has 1 saturated carbocycles. The molecule has 114 valence electrons. The first kappa shape index (κ1) is 15.6. The molecule has 0 aliphatic heterocycles. The molecule has 0 spiro atoms. The minimum atomic E-state index is -0.945. The van der Waals surface area contributed by atoms with Crippen molar-refractivity contribution in [2.45, 2.75) is 31.7 Å². The number of likely N-dealkylation sites (N-methyl/N-ethyl adjacent to an activating group) is 1. The maximum Gasteiger partial charge on any atom is 0.328 e. The smallest absolute Gasteiger partial charge is 0.328 e. The predicted octanol–water partition coefficient (Wildman–Crippen LogP) is 3.04. The van der Waals surface area contributed by atoms with Crippen LogP contribution in [0.3, 0.4) is 0 Å². The minimum absolute atomic E-state index is 0.652. The molecular weight excluding hydrogens is 266 g/mol. The summed E-state index contributed by atoms with van der Waals surface area (Å²) in [6.07, 6.45) is 7.98. The van der Waals surface area contributed by atoms with E-state index in [1.807, 2.05) is 24.3 Å². The topological polar surface area (TPSA) is 49.8 Å². The normalized spacial score (nSPS) is 15.9. The summed E-state index contributed by atoms with van der Waals surface area (Å²) in [6.45, 7) is 1.57. The molecule has 0 aromatic heterocycles. The van der Waals surface area contributed by atoms with Crippen molar-refractivity contribution in [2.75, 3.05) is 20.2 Å². The van der Waals surface area contributed by atoms with Crippen LogP contribution in [0, 0.1) is 0 Å². The molecule has 1 fully saturated rings. The second-order valence-electron chi connectivity index (χ2n) is 5.51. The van der Waals surface area contributed by atoms with Gasteiger partial charge in [-0.15, -0.1) is 0 Å². The lowest BCUT2D eigenvalue weighted by molar-refractivity contribution is -0.131. The number of aliphatic carboxylic acids is 1. The molecule has 0 heterocycles. The van der Waals surface area contributed by atoms with Gasteiger partial charge in [0.05, 0.1) is 0 Å². The van der Waals surface area contributed by atoms with Gasteiger partial charge in [0.15, 0.2) is 0 Å². The van der Waals surface area contributed by atoms with Gasteiger partial charge in [0.25, 0.3) is 0 Å². The van der Waals surface area contributed by atoms with E-state index in [9.17, 15) is 4.79 Å². The molecule has 0 amide bonds. The van der Waals surface area contributed by atoms with E-state index in [2.05, 4.69) is 11.9 Å². The molecule has 1 aromatic rings. The number of rotatable bonds is 7. The number of hydrogen-bond acceptors (Lipinski definition) is 3. The maximum atomic E-state index is 10.5. The lowest BCUT2D eigenvalue weighted by atomic mass is 10.2. The Hall–Kier alpha value is -1.81. The second kappa shape index (κ2) is 7.84. The summed E-state index contributed by atoms with van der Waals surface area (Å²) in [5.74, 6) is -0.165. The van der Waals surface area contributed by atoms with Crippen LogP contribution in [0.25, 0.3) is 6.08 Å². The highest BCUT2D eigenvalue weighted by atomic mass is 16.5. The summed E-state index contributed by atoms with van der Waals surface area (Å²) in [5, 5.41) is 8.63. The van der Waals surface area contributed by atoms with Crippen molar-refractivity contribution < 1.29 is 14.6 Å². The van der Waals surface area contributed by atoms with Crippen LogP contribution in [-0.2, 0) is 4.79 Å². The highest BCUT2D eigenvalue weighted by Crippen LogP contribution is 2.22. The zero-order valence-corrected chi connectivity index (χ0v) is 12.5. The van der Waals surface area contributed by atoms with Crippen molar-refractivity contribution in [1.29, 1.82) is 0 Å². The van der Waals surface area contributed by atoms with E-state index < -0.39 is 5.97 Å². The Morgan fingerprint density at radius 3 is 2.90 bits per heavy atom. The minimum Gasteiger partial charge on any atom is -0.492 e. The highest BCUT2D eigenvalue weighted by molar-refractivity contribution is 5.85. The summed E-state index contributed by atoms with van der Waals surface area (Å²) in [6, 6.07) is 8.19. The van der Waals surface area contributed by atoms with Crippen LogP contribution in [-0.4, -0.2) is 42.2 Å². The molecule has 1 aromatic carbocycles. The Morgan fingerprint density at radius 1 is 1.43 bits per heavy atom. The van der Waals surface area contributed by atoms with Crippen molar-refractivity contribution in [3.63, 3.8) is 0 Å². The summed E-state index contributed by atoms with van der Waals surface area (Å²) in [7, 11) is 2.16. The van der Waals surface area contributed by atoms with Crippen molar-refractivity contribution in [1.82, 2.24) is 4.90 Å². The van der Waals surface area contributed by atoms with E-state index in [4.69, 9.17) is 9.84 Å². The van der Waals surface area contributed by atoms with Gasteiger partial charge in [0.1, 0.15) is 12.4 Å². The summed E-state index contributed by atoms with van der Waals surface area (Å²) in [5.41, 5.74) is 0.832. The fourth-order valence-corrected chi connectivity index (χ4v) is 2.71. The Labute approximate surface area is 126 Å². The average molecular weight is 289 g/mol. The lowest BCUT2D eigenvalue weighted by Crippen LogP contribution is -2.32. The van der Waals surface area contributed by atoms with Gasteiger partial charge in [-0.3, -0.25) is 0 Å². The molecule has 21 heavy (non-hydrogen) atoms. The molecule has 1 aliphatic carbocycles. The monoisotopic (exact) mass is 289 g/mol. The third-order valence-corrected chi connectivity index (χ3v) is 3.94. The summed E-state index contributed by atoms with van der Waals surface area (Å²) >= 11 is 0. The number of carboxylic acid groups (broad SMARTS) is 1. The van der Waals surface area contributed by atoms with Gasteiger partial charge in [0.2, 0.25) is 0 Å². The van der Waals surface area contributed by atoms with Crippen molar-refractivity contribution in [3.8, 4) is 5.75 Å². The van der Waals surface area contributed by atoms with Gasteiger partial charge in [-0.25, -0.2) is 4.79 Å². The zero-order chi connectivity index (χ0) is 15.1. The first-order chi connectivity index (χ1) is 10.1. The van der Waals surface area contributed by atoms with Gasteiger partial charge in [0, 0.05) is 18.7 Å². The molecule has 1 N–H and O–H groups in total. The molecule has 4 heteroatoms. The quantitative estimate of drug-likeness (QED) is 0.784. The van der Waals surface area contributed by atoms with Crippen LogP contribution in [0.5, 0.6) is 5.75 Å². The molecule has 1 aliphatic rings. The fraction of sp³-hybridized carbons (Fsp3) is 0.471. The van der Waals surface area contributed by atoms with Gasteiger partial charge in [-0.05, 0) is 43.7 Å². The van der Waals surface area contributed by atoms with Crippen molar-refractivity contribution in [2.24, 2.45) is 0 Å².